The van der Waals surface area contributed by atoms with Gasteiger partial charge < -0.3 is 14.6 Å². The number of alkyl halides is 3. The van der Waals surface area contributed by atoms with E-state index >= 15 is 0 Å². The fourth-order valence-corrected chi connectivity index (χ4v) is 2.96. The van der Waals surface area contributed by atoms with Crippen molar-refractivity contribution in [1.82, 2.24) is 0 Å². The van der Waals surface area contributed by atoms with Crippen LogP contribution in [0.2, 0.25) is 5.02 Å². The van der Waals surface area contributed by atoms with Gasteiger partial charge in [-0.1, -0.05) is 30.7 Å². The molecule has 0 spiro atoms. The molecule has 0 amide bonds. The number of rotatable bonds is 6. The van der Waals surface area contributed by atoms with Gasteiger partial charge in [0.2, 0.25) is 5.60 Å². The van der Waals surface area contributed by atoms with Crippen molar-refractivity contribution in [3.8, 4) is 17.2 Å². The molecule has 1 unspecified atom stereocenters. The van der Waals surface area contributed by atoms with E-state index in [9.17, 15) is 23.1 Å². The van der Waals surface area contributed by atoms with Gasteiger partial charge in [-0.05, 0) is 66.6 Å². The number of benzene rings is 3. The largest absolute Gasteiger partial charge is 0.478 e. The molecule has 4 nitrogen and oxygen atoms in total. The van der Waals surface area contributed by atoms with Gasteiger partial charge in [0.05, 0.1) is 10.6 Å². The van der Waals surface area contributed by atoms with Crippen LogP contribution in [0.3, 0.4) is 0 Å². The van der Waals surface area contributed by atoms with Gasteiger partial charge in [0, 0.05) is 0 Å². The van der Waals surface area contributed by atoms with Gasteiger partial charge in [0.1, 0.15) is 17.2 Å². The summed E-state index contributed by atoms with van der Waals surface area (Å²) in [4.78, 5) is 11.5. The minimum absolute atomic E-state index is 0.0841. The highest BCUT2D eigenvalue weighted by Crippen LogP contribution is 2.37. The molecule has 8 heteroatoms. The molecule has 0 fully saturated rings. The van der Waals surface area contributed by atoms with E-state index in [0.717, 1.165) is 23.6 Å². The third-order valence-corrected chi connectivity index (χ3v) is 5.04. The van der Waals surface area contributed by atoms with Crippen molar-refractivity contribution >= 4 is 28.3 Å². The SMILES string of the molecule is CCC(C)(Oc1ccc2ccc(Oc3ccc(C(F)(F)F)cc3Cl)cc2c1)C(=O)O. The van der Waals surface area contributed by atoms with Crippen molar-refractivity contribution < 1.29 is 32.5 Å². The highest BCUT2D eigenvalue weighted by Gasteiger charge is 2.33. The Bertz CT molecular complexity index is 1100. The van der Waals surface area contributed by atoms with E-state index in [4.69, 9.17) is 21.1 Å². The quantitative estimate of drug-likeness (QED) is 0.453. The first-order valence-electron chi connectivity index (χ1n) is 9.02. The second-order valence-electron chi connectivity index (χ2n) is 6.91. The molecule has 0 bridgehead atoms. The standard InChI is InChI=1S/C22H18ClF3O4/c1-3-21(2,20(27)28)30-17-8-5-13-4-7-16(10-14(13)11-17)29-19-9-6-15(12-18(19)23)22(24,25)26/h4-12H,3H2,1-2H3,(H,27,28). The minimum Gasteiger partial charge on any atom is -0.478 e. The molecule has 0 aromatic heterocycles. The molecule has 30 heavy (non-hydrogen) atoms. The normalized spacial score (nSPS) is 13.7. The Kier molecular flexibility index (Phi) is 5.85. The van der Waals surface area contributed by atoms with Crippen LogP contribution in [0.5, 0.6) is 17.2 Å². The monoisotopic (exact) mass is 438 g/mol. The fourth-order valence-electron chi connectivity index (χ4n) is 2.74. The lowest BCUT2D eigenvalue weighted by Crippen LogP contribution is -2.40. The molecule has 3 aromatic rings. The average molecular weight is 439 g/mol. The zero-order chi connectivity index (χ0) is 22.1. The molecular weight excluding hydrogens is 421 g/mol. The van der Waals surface area contributed by atoms with Crippen LogP contribution in [0, 0.1) is 0 Å². The van der Waals surface area contributed by atoms with Crippen molar-refractivity contribution in [1.29, 1.82) is 0 Å². The van der Waals surface area contributed by atoms with Crippen LogP contribution < -0.4 is 9.47 Å². The Balaban J connectivity index is 1.89. The summed E-state index contributed by atoms with van der Waals surface area (Å²) in [6, 6.07) is 13.1. The number of carbonyl (C=O) groups is 1. The van der Waals surface area contributed by atoms with Gasteiger partial charge in [0.25, 0.3) is 0 Å². The zero-order valence-electron chi connectivity index (χ0n) is 16.1. The predicted octanol–water partition coefficient (Wildman–Crippen LogP) is 6.94. The van der Waals surface area contributed by atoms with E-state index in [2.05, 4.69) is 0 Å². The van der Waals surface area contributed by atoms with E-state index in [1.165, 1.54) is 6.92 Å². The van der Waals surface area contributed by atoms with Crippen LogP contribution in [0.25, 0.3) is 10.8 Å². The van der Waals surface area contributed by atoms with Crippen molar-refractivity contribution in [2.45, 2.75) is 32.0 Å². The second kappa shape index (κ2) is 8.07. The summed E-state index contributed by atoms with van der Waals surface area (Å²) in [6.07, 6.45) is -4.22. The van der Waals surface area contributed by atoms with Crippen molar-refractivity contribution in [2.75, 3.05) is 0 Å². The van der Waals surface area contributed by atoms with Gasteiger partial charge in [-0.2, -0.15) is 13.2 Å². The lowest BCUT2D eigenvalue weighted by molar-refractivity contribution is -0.154. The van der Waals surface area contributed by atoms with E-state index in [1.54, 1.807) is 43.3 Å². The van der Waals surface area contributed by atoms with E-state index < -0.39 is 23.3 Å². The summed E-state index contributed by atoms with van der Waals surface area (Å²) in [5.74, 6) is -0.253. The Morgan fingerprint density at radius 3 is 2.20 bits per heavy atom. The van der Waals surface area contributed by atoms with Crippen LogP contribution in [0.1, 0.15) is 25.8 Å². The molecular formula is C22H18ClF3O4. The number of fused-ring (bicyclic) bond motifs is 1. The number of hydrogen-bond donors (Lipinski definition) is 1. The third-order valence-electron chi connectivity index (χ3n) is 4.74. The van der Waals surface area contributed by atoms with Gasteiger partial charge in [-0.25, -0.2) is 4.79 Å². The zero-order valence-corrected chi connectivity index (χ0v) is 16.8. The summed E-state index contributed by atoms with van der Waals surface area (Å²) >= 11 is 5.95. The van der Waals surface area contributed by atoms with Crippen molar-refractivity contribution in [2.24, 2.45) is 0 Å². The van der Waals surface area contributed by atoms with Crippen LogP contribution in [-0.2, 0) is 11.0 Å². The molecule has 0 radical (unpaired) electrons. The van der Waals surface area contributed by atoms with E-state index in [1.807, 2.05) is 0 Å². The summed E-state index contributed by atoms with van der Waals surface area (Å²) in [7, 11) is 0. The van der Waals surface area contributed by atoms with Gasteiger partial charge in [0.15, 0.2) is 0 Å². The van der Waals surface area contributed by atoms with Crippen LogP contribution in [-0.4, -0.2) is 16.7 Å². The molecule has 0 saturated carbocycles. The van der Waals surface area contributed by atoms with Gasteiger partial charge in [-0.3, -0.25) is 0 Å². The number of carboxylic acids is 1. The van der Waals surface area contributed by atoms with Crippen molar-refractivity contribution in [3.05, 3.63) is 65.2 Å². The maximum atomic E-state index is 12.8. The first-order valence-corrected chi connectivity index (χ1v) is 9.40. The number of ether oxygens (including phenoxy) is 2. The topological polar surface area (TPSA) is 55.8 Å². The maximum absolute atomic E-state index is 12.8. The molecule has 1 N–H and O–H groups in total. The minimum atomic E-state index is -4.50. The molecule has 3 aromatic carbocycles. The summed E-state index contributed by atoms with van der Waals surface area (Å²) in [5, 5.41) is 10.8. The van der Waals surface area contributed by atoms with Crippen molar-refractivity contribution in [3.63, 3.8) is 0 Å². The summed E-state index contributed by atoms with van der Waals surface area (Å²) < 4.78 is 49.7. The Labute approximate surface area is 175 Å². The lowest BCUT2D eigenvalue weighted by Gasteiger charge is -2.25. The Hall–Kier alpha value is -2.93. The second-order valence-corrected chi connectivity index (χ2v) is 7.31. The highest BCUT2D eigenvalue weighted by atomic mass is 35.5. The number of aliphatic carboxylic acids is 1. The van der Waals surface area contributed by atoms with Crippen LogP contribution >= 0.6 is 11.6 Å². The Morgan fingerprint density at radius 1 is 1.00 bits per heavy atom. The molecule has 158 valence electrons. The Morgan fingerprint density at radius 2 is 1.63 bits per heavy atom. The first-order chi connectivity index (χ1) is 14.0. The molecule has 3 rings (SSSR count). The molecule has 0 aliphatic carbocycles. The van der Waals surface area contributed by atoms with Gasteiger partial charge in [-0.15, -0.1) is 0 Å². The van der Waals surface area contributed by atoms with Crippen LogP contribution in [0.4, 0.5) is 13.2 Å². The smallest absolute Gasteiger partial charge is 0.416 e. The molecule has 0 heterocycles. The summed E-state index contributed by atoms with van der Waals surface area (Å²) in [6.45, 7) is 3.21. The maximum Gasteiger partial charge on any atom is 0.416 e. The van der Waals surface area contributed by atoms with E-state index in [-0.39, 0.29) is 17.2 Å². The van der Waals surface area contributed by atoms with E-state index in [0.29, 0.717) is 16.9 Å². The fraction of sp³-hybridized carbons (Fsp3) is 0.227. The van der Waals surface area contributed by atoms with Gasteiger partial charge >= 0.3 is 12.1 Å². The molecule has 0 aliphatic rings. The molecule has 1 atom stereocenters. The number of halogens is 4. The predicted molar refractivity (Wildman–Crippen MR) is 107 cm³/mol. The molecule has 0 aliphatic heterocycles. The average Bonchev–Trinajstić information content (AvgIpc) is 2.68. The molecule has 0 saturated heterocycles. The summed E-state index contributed by atoms with van der Waals surface area (Å²) in [5.41, 5.74) is -2.23. The van der Waals surface area contributed by atoms with Crippen LogP contribution in [0.15, 0.2) is 54.6 Å². The third kappa shape index (κ3) is 4.62. The number of carboxylic acid groups (broad SMARTS) is 1. The number of hydrogen-bond acceptors (Lipinski definition) is 3. The lowest BCUT2D eigenvalue weighted by atomic mass is 10.0. The first kappa shape index (κ1) is 21.8. The highest BCUT2D eigenvalue weighted by molar-refractivity contribution is 6.32.